The molecule has 0 saturated heterocycles. The molecule has 0 aliphatic heterocycles. The van der Waals surface area contributed by atoms with Gasteiger partial charge in [-0.3, -0.25) is 4.99 Å². The molecular weight excluding hydrogens is 328 g/mol. The maximum Gasteiger partial charge on any atom is 0.154 e. The molecule has 0 aliphatic carbocycles. The fraction of sp³-hybridized carbons (Fsp3) is 0.462. The lowest BCUT2D eigenvalue weighted by atomic mass is 10.3. The van der Waals surface area contributed by atoms with Gasteiger partial charge in [-0.2, -0.15) is 0 Å². The molecule has 0 unspecified atom stereocenters. The minimum atomic E-state index is 0.0866. The van der Waals surface area contributed by atoms with Crippen LogP contribution in [0.4, 0.5) is 0 Å². The summed E-state index contributed by atoms with van der Waals surface area (Å²) in [6.45, 7) is 3.14. The van der Waals surface area contributed by atoms with Crippen LogP contribution >= 0.6 is 27.7 Å². The number of halogens is 1. The molecule has 0 heterocycles. The van der Waals surface area contributed by atoms with Crippen LogP contribution in [0, 0.1) is 0 Å². The Bertz CT molecular complexity index is 415. The number of benzene rings is 1. The number of hydrogen-bond acceptors (Lipinski definition) is 4. The number of amidine groups is 1. The van der Waals surface area contributed by atoms with E-state index in [-0.39, 0.29) is 6.04 Å². The van der Waals surface area contributed by atoms with E-state index >= 15 is 0 Å². The number of aliphatic imine (C=N–C) groups is 1. The van der Waals surface area contributed by atoms with E-state index in [1.165, 1.54) is 11.8 Å². The largest absolute Gasteiger partial charge is 0.493 e. The molecule has 1 aromatic rings. The summed E-state index contributed by atoms with van der Waals surface area (Å²) in [5.74, 6) is 1.61. The SMILES string of the molecule is COC[C@@H](C)N=C(N)SCCOc1cccc(Br)c1. The van der Waals surface area contributed by atoms with E-state index in [0.717, 1.165) is 16.0 Å². The van der Waals surface area contributed by atoms with Gasteiger partial charge in [0.1, 0.15) is 5.75 Å². The van der Waals surface area contributed by atoms with Crippen molar-refractivity contribution in [3.05, 3.63) is 28.7 Å². The Hall–Kier alpha value is -0.720. The van der Waals surface area contributed by atoms with Crippen molar-refractivity contribution in [2.75, 3.05) is 26.1 Å². The number of ether oxygens (including phenoxy) is 2. The maximum absolute atomic E-state index is 5.80. The molecule has 0 amide bonds. The highest BCUT2D eigenvalue weighted by molar-refractivity contribution is 9.10. The maximum atomic E-state index is 5.80. The van der Waals surface area contributed by atoms with Gasteiger partial charge in [-0.05, 0) is 25.1 Å². The Morgan fingerprint density at radius 1 is 1.53 bits per heavy atom. The van der Waals surface area contributed by atoms with Crippen molar-refractivity contribution in [3.63, 3.8) is 0 Å². The zero-order valence-corrected chi connectivity index (χ0v) is 13.5. The number of methoxy groups -OCH3 is 1. The summed E-state index contributed by atoms with van der Waals surface area (Å²) in [7, 11) is 1.65. The van der Waals surface area contributed by atoms with E-state index in [0.29, 0.717) is 18.4 Å². The van der Waals surface area contributed by atoms with Gasteiger partial charge in [0, 0.05) is 17.3 Å². The Morgan fingerprint density at radius 2 is 2.32 bits per heavy atom. The third-order valence-electron chi connectivity index (χ3n) is 2.15. The van der Waals surface area contributed by atoms with Gasteiger partial charge in [0.15, 0.2) is 5.17 Å². The van der Waals surface area contributed by atoms with Crippen LogP contribution in [0.3, 0.4) is 0 Å². The van der Waals surface area contributed by atoms with Gasteiger partial charge in [-0.25, -0.2) is 0 Å². The highest BCUT2D eigenvalue weighted by atomic mass is 79.9. The first-order chi connectivity index (χ1) is 9.11. The highest BCUT2D eigenvalue weighted by Crippen LogP contribution is 2.17. The minimum Gasteiger partial charge on any atom is -0.493 e. The van der Waals surface area contributed by atoms with Crippen molar-refractivity contribution in [3.8, 4) is 5.75 Å². The van der Waals surface area contributed by atoms with E-state index < -0.39 is 0 Å². The van der Waals surface area contributed by atoms with Gasteiger partial charge in [-0.1, -0.05) is 33.8 Å². The van der Waals surface area contributed by atoms with Gasteiger partial charge in [0.05, 0.1) is 19.3 Å². The standard InChI is InChI=1S/C13H19BrN2O2S/c1-10(9-17-2)16-13(15)19-7-6-18-12-5-3-4-11(14)8-12/h3-5,8,10H,6-7,9H2,1-2H3,(H2,15,16)/t10-/m1/s1. The van der Waals surface area contributed by atoms with Gasteiger partial charge in [0.2, 0.25) is 0 Å². The molecule has 4 nitrogen and oxygen atoms in total. The lowest BCUT2D eigenvalue weighted by Gasteiger charge is -2.08. The first kappa shape index (κ1) is 16.3. The van der Waals surface area contributed by atoms with Crippen LogP contribution in [-0.2, 0) is 4.74 Å². The fourth-order valence-electron chi connectivity index (χ4n) is 1.40. The summed E-state index contributed by atoms with van der Waals surface area (Å²) in [6.07, 6.45) is 0. The van der Waals surface area contributed by atoms with Crippen molar-refractivity contribution in [2.24, 2.45) is 10.7 Å². The Kier molecular flexibility index (Phi) is 7.93. The Labute approximate surface area is 126 Å². The highest BCUT2D eigenvalue weighted by Gasteiger charge is 2.01. The van der Waals surface area contributed by atoms with Gasteiger partial charge in [0.25, 0.3) is 0 Å². The predicted molar refractivity (Wildman–Crippen MR) is 85.1 cm³/mol. The van der Waals surface area contributed by atoms with Crippen molar-refractivity contribution < 1.29 is 9.47 Å². The van der Waals surface area contributed by atoms with E-state index in [4.69, 9.17) is 15.2 Å². The molecule has 0 radical (unpaired) electrons. The van der Waals surface area contributed by atoms with E-state index in [1.54, 1.807) is 7.11 Å². The topological polar surface area (TPSA) is 56.8 Å². The van der Waals surface area contributed by atoms with Crippen molar-refractivity contribution in [1.29, 1.82) is 0 Å². The second kappa shape index (κ2) is 9.23. The number of nitrogens with two attached hydrogens (primary N) is 1. The second-order valence-corrected chi connectivity index (χ2v) is 5.96. The van der Waals surface area contributed by atoms with Crippen LogP contribution < -0.4 is 10.5 Å². The smallest absolute Gasteiger partial charge is 0.154 e. The number of rotatable bonds is 7. The molecule has 6 heteroatoms. The molecule has 19 heavy (non-hydrogen) atoms. The normalized spacial score (nSPS) is 13.3. The monoisotopic (exact) mass is 346 g/mol. The first-order valence-electron chi connectivity index (χ1n) is 5.95. The number of thioether (sulfide) groups is 1. The average molecular weight is 347 g/mol. The third-order valence-corrected chi connectivity index (χ3v) is 3.42. The van der Waals surface area contributed by atoms with Gasteiger partial charge in [-0.15, -0.1) is 0 Å². The molecule has 1 rings (SSSR count). The molecule has 2 N–H and O–H groups in total. The third kappa shape index (κ3) is 7.44. The minimum absolute atomic E-state index is 0.0866. The summed E-state index contributed by atoms with van der Waals surface area (Å²) in [5, 5.41) is 0.572. The lowest BCUT2D eigenvalue weighted by molar-refractivity contribution is 0.186. The van der Waals surface area contributed by atoms with Crippen LogP contribution in [0.25, 0.3) is 0 Å². The van der Waals surface area contributed by atoms with E-state index in [9.17, 15) is 0 Å². The molecule has 0 spiro atoms. The van der Waals surface area contributed by atoms with Gasteiger partial charge >= 0.3 is 0 Å². The number of nitrogens with zero attached hydrogens (tertiary/aromatic N) is 1. The zero-order valence-electron chi connectivity index (χ0n) is 11.1. The molecule has 0 fully saturated rings. The van der Waals surface area contributed by atoms with Crippen molar-refractivity contribution in [2.45, 2.75) is 13.0 Å². The molecule has 1 aromatic carbocycles. The molecular formula is C13H19BrN2O2S. The summed E-state index contributed by atoms with van der Waals surface area (Å²) in [6, 6.07) is 7.85. The summed E-state index contributed by atoms with van der Waals surface area (Å²) in [5.41, 5.74) is 5.80. The Morgan fingerprint density at radius 3 is 3.00 bits per heavy atom. The molecule has 0 bridgehead atoms. The van der Waals surface area contributed by atoms with E-state index in [1.807, 2.05) is 31.2 Å². The van der Waals surface area contributed by atoms with Crippen LogP contribution in [-0.4, -0.2) is 37.3 Å². The fourth-order valence-corrected chi connectivity index (χ4v) is 2.40. The van der Waals surface area contributed by atoms with Crippen LogP contribution in [0.15, 0.2) is 33.7 Å². The molecule has 1 atom stereocenters. The quantitative estimate of drug-likeness (QED) is 0.468. The lowest BCUT2D eigenvalue weighted by Crippen LogP contribution is -2.16. The Balaban J connectivity index is 2.23. The first-order valence-corrected chi connectivity index (χ1v) is 7.73. The molecule has 0 aliphatic rings. The second-order valence-electron chi connectivity index (χ2n) is 3.93. The van der Waals surface area contributed by atoms with Crippen LogP contribution in [0.1, 0.15) is 6.92 Å². The average Bonchev–Trinajstić information content (AvgIpc) is 2.35. The summed E-state index contributed by atoms with van der Waals surface area (Å²) in [4.78, 5) is 4.29. The summed E-state index contributed by atoms with van der Waals surface area (Å²) >= 11 is 4.89. The van der Waals surface area contributed by atoms with Crippen LogP contribution in [0.2, 0.25) is 0 Å². The molecule has 0 aromatic heterocycles. The zero-order chi connectivity index (χ0) is 14.1. The summed E-state index contributed by atoms with van der Waals surface area (Å²) < 4.78 is 11.6. The van der Waals surface area contributed by atoms with Gasteiger partial charge < -0.3 is 15.2 Å². The predicted octanol–water partition coefficient (Wildman–Crippen LogP) is 2.91. The molecule has 0 saturated carbocycles. The van der Waals surface area contributed by atoms with Crippen molar-refractivity contribution in [1.82, 2.24) is 0 Å². The van der Waals surface area contributed by atoms with Crippen LogP contribution in [0.5, 0.6) is 5.75 Å². The van der Waals surface area contributed by atoms with E-state index in [2.05, 4.69) is 20.9 Å². The molecule has 106 valence electrons. The number of hydrogen-bond donors (Lipinski definition) is 1. The van der Waals surface area contributed by atoms with Crippen molar-refractivity contribution >= 4 is 32.9 Å².